The molecule has 1 unspecified atom stereocenters. The zero-order valence-corrected chi connectivity index (χ0v) is 12.1. The van der Waals surface area contributed by atoms with Crippen LogP contribution < -0.4 is 0 Å². The van der Waals surface area contributed by atoms with Gasteiger partial charge in [0.1, 0.15) is 11.9 Å². The van der Waals surface area contributed by atoms with Crippen LogP contribution >= 0.6 is 0 Å². The van der Waals surface area contributed by atoms with Gasteiger partial charge in [0, 0.05) is 17.7 Å². The Morgan fingerprint density at radius 2 is 1.79 bits per heavy atom. The summed E-state index contributed by atoms with van der Waals surface area (Å²) < 4.78 is 51.5. The average molecular weight is 334 g/mol. The number of rotatable bonds is 2. The number of carbonyl (C=O) groups is 1. The minimum absolute atomic E-state index is 0.00731. The first kappa shape index (κ1) is 16.0. The van der Waals surface area contributed by atoms with Gasteiger partial charge in [0.25, 0.3) is 5.91 Å². The third-order valence-electron chi connectivity index (χ3n) is 3.86. The Hall–Kier alpha value is -2.88. The van der Waals surface area contributed by atoms with Crippen LogP contribution in [0.4, 0.5) is 17.6 Å². The summed E-state index contributed by atoms with van der Waals surface area (Å²) >= 11 is 0. The van der Waals surface area contributed by atoms with Crippen LogP contribution in [0.15, 0.2) is 42.5 Å². The van der Waals surface area contributed by atoms with E-state index < -0.39 is 29.5 Å². The predicted octanol–water partition coefficient (Wildman–Crippen LogP) is 4.07. The summed E-state index contributed by atoms with van der Waals surface area (Å²) in [7, 11) is 0. The van der Waals surface area contributed by atoms with E-state index in [0.29, 0.717) is 5.56 Å². The summed E-state index contributed by atoms with van der Waals surface area (Å²) in [5.41, 5.74) is -0.206. The van der Waals surface area contributed by atoms with E-state index in [0.717, 1.165) is 18.2 Å². The highest BCUT2D eigenvalue weighted by Gasteiger charge is 2.39. The van der Waals surface area contributed by atoms with E-state index in [1.165, 1.54) is 29.2 Å². The summed E-state index contributed by atoms with van der Waals surface area (Å²) in [6.07, 6.45) is -4.55. The van der Waals surface area contributed by atoms with Crippen LogP contribution in [-0.2, 0) is 12.7 Å². The first-order valence-corrected chi connectivity index (χ1v) is 6.97. The van der Waals surface area contributed by atoms with Gasteiger partial charge in [-0.2, -0.15) is 18.4 Å². The number of hydrogen-bond acceptors (Lipinski definition) is 2. The lowest BCUT2D eigenvalue weighted by Gasteiger charge is -2.20. The van der Waals surface area contributed by atoms with Crippen molar-refractivity contribution in [1.82, 2.24) is 4.90 Å². The fraction of sp³-hybridized carbons (Fsp3) is 0.176. The molecule has 0 radical (unpaired) electrons. The molecule has 3 nitrogen and oxygen atoms in total. The van der Waals surface area contributed by atoms with Crippen LogP contribution in [0.25, 0.3) is 0 Å². The Kier molecular flexibility index (Phi) is 3.76. The molecule has 0 spiro atoms. The minimum Gasteiger partial charge on any atom is -0.314 e. The molecule has 1 aliphatic heterocycles. The van der Waals surface area contributed by atoms with Gasteiger partial charge in [-0.25, -0.2) is 4.39 Å². The van der Waals surface area contributed by atoms with Gasteiger partial charge in [-0.3, -0.25) is 4.79 Å². The number of alkyl halides is 3. The Bertz CT molecular complexity index is 837. The minimum atomic E-state index is -4.55. The van der Waals surface area contributed by atoms with Crippen LogP contribution in [0.1, 0.15) is 33.1 Å². The van der Waals surface area contributed by atoms with E-state index in [1.807, 2.05) is 6.07 Å². The molecule has 3 rings (SSSR count). The molecule has 2 aromatic carbocycles. The predicted molar refractivity (Wildman–Crippen MR) is 76.1 cm³/mol. The maximum absolute atomic E-state index is 13.0. The smallest absolute Gasteiger partial charge is 0.314 e. The molecule has 0 fully saturated rings. The number of nitriles is 1. The zero-order valence-electron chi connectivity index (χ0n) is 12.1. The summed E-state index contributed by atoms with van der Waals surface area (Å²) in [5, 5.41) is 9.33. The Morgan fingerprint density at radius 3 is 2.38 bits per heavy atom. The van der Waals surface area contributed by atoms with Crippen LogP contribution in [0.5, 0.6) is 0 Å². The molecule has 0 aromatic heterocycles. The molecular formula is C17H10F4N2O. The van der Waals surface area contributed by atoms with Gasteiger partial charge in [-0.15, -0.1) is 0 Å². The zero-order chi connectivity index (χ0) is 17.5. The third kappa shape index (κ3) is 2.71. The number of amides is 1. The molecule has 1 amide bonds. The number of carbonyl (C=O) groups excluding carboxylic acids is 1. The molecule has 0 bridgehead atoms. The van der Waals surface area contributed by atoms with Gasteiger partial charge in [0.2, 0.25) is 0 Å². The molecule has 7 heteroatoms. The second-order valence-corrected chi connectivity index (χ2v) is 5.39. The molecule has 2 aromatic rings. The summed E-state index contributed by atoms with van der Waals surface area (Å²) in [4.78, 5) is 13.6. The molecule has 1 aliphatic rings. The van der Waals surface area contributed by atoms with Crippen molar-refractivity contribution in [3.63, 3.8) is 0 Å². The molecule has 1 atom stereocenters. The third-order valence-corrected chi connectivity index (χ3v) is 3.86. The van der Waals surface area contributed by atoms with E-state index in [1.54, 1.807) is 0 Å². The summed E-state index contributed by atoms with van der Waals surface area (Å²) in [5.74, 6) is -0.962. The number of hydrogen-bond donors (Lipinski definition) is 0. The monoisotopic (exact) mass is 334 g/mol. The van der Waals surface area contributed by atoms with Crippen LogP contribution in [0.2, 0.25) is 0 Å². The normalized spacial score (nSPS) is 16.9. The largest absolute Gasteiger partial charge is 0.416 e. The molecule has 0 saturated carbocycles. The maximum Gasteiger partial charge on any atom is 0.416 e. The lowest BCUT2D eigenvalue weighted by molar-refractivity contribution is -0.137. The van der Waals surface area contributed by atoms with E-state index in [9.17, 15) is 27.6 Å². The maximum atomic E-state index is 13.0. The highest BCUT2D eigenvalue weighted by molar-refractivity contribution is 5.99. The van der Waals surface area contributed by atoms with Gasteiger partial charge in [-0.1, -0.05) is 12.1 Å². The van der Waals surface area contributed by atoms with Crippen molar-refractivity contribution >= 4 is 5.91 Å². The number of benzene rings is 2. The van der Waals surface area contributed by atoms with Crippen molar-refractivity contribution in [2.75, 3.05) is 0 Å². The van der Waals surface area contributed by atoms with E-state index in [2.05, 4.69) is 0 Å². The van der Waals surface area contributed by atoms with E-state index in [-0.39, 0.29) is 17.7 Å². The van der Waals surface area contributed by atoms with Gasteiger partial charge in [0.05, 0.1) is 11.6 Å². The Morgan fingerprint density at radius 1 is 1.12 bits per heavy atom. The van der Waals surface area contributed by atoms with Crippen LogP contribution in [-0.4, -0.2) is 10.8 Å². The fourth-order valence-electron chi connectivity index (χ4n) is 2.69. The van der Waals surface area contributed by atoms with Crippen LogP contribution in [0, 0.1) is 17.1 Å². The van der Waals surface area contributed by atoms with Crippen molar-refractivity contribution in [3.05, 3.63) is 70.5 Å². The number of fused-ring (bicyclic) bond motifs is 1. The second kappa shape index (κ2) is 5.64. The summed E-state index contributed by atoms with van der Waals surface area (Å²) in [6, 6.07) is 8.87. The fourth-order valence-corrected chi connectivity index (χ4v) is 2.69. The molecule has 24 heavy (non-hydrogen) atoms. The van der Waals surface area contributed by atoms with Crippen molar-refractivity contribution in [3.8, 4) is 6.07 Å². The first-order chi connectivity index (χ1) is 11.3. The van der Waals surface area contributed by atoms with Gasteiger partial charge in [-0.05, 0) is 35.9 Å². The van der Waals surface area contributed by atoms with E-state index in [4.69, 9.17) is 0 Å². The Balaban J connectivity index is 1.97. The molecule has 0 aliphatic carbocycles. The lowest BCUT2D eigenvalue weighted by atomic mass is 10.0. The second-order valence-electron chi connectivity index (χ2n) is 5.39. The first-order valence-electron chi connectivity index (χ1n) is 6.97. The highest BCUT2D eigenvalue weighted by atomic mass is 19.4. The van der Waals surface area contributed by atoms with Crippen molar-refractivity contribution in [1.29, 1.82) is 5.26 Å². The summed E-state index contributed by atoms with van der Waals surface area (Å²) in [6.45, 7) is 0.00731. The highest BCUT2D eigenvalue weighted by Crippen LogP contribution is 2.38. The standard InChI is InChI=1S/C17H10F4N2O/c18-12-4-1-10(2-5-12)9-23-15(8-22)14-7-11(17(19,20)21)3-6-13(14)16(23)24/h1-7,15H,9H2. The Labute approximate surface area is 134 Å². The van der Waals surface area contributed by atoms with Gasteiger partial charge < -0.3 is 4.90 Å². The molecule has 0 saturated heterocycles. The molecular weight excluding hydrogens is 324 g/mol. The molecule has 122 valence electrons. The van der Waals surface area contributed by atoms with Crippen molar-refractivity contribution in [2.24, 2.45) is 0 Å². The van der Waals surface area contributed by atoms with Crippen molar-refractivity contribution in [2.45, 2.75) is 18.8 Å². The van der Waals surface area contributed by atoms with E-state index >= 15 is 0 Å². The van der Waals surface area contributed by atoms with Gasteiger partial charge in [0.15, 0.2) is 0 Å². The quantitative estimate of drug-likeness (QED) is 0.777. The average Bonchev–Trinajstić information content (AvgIpc) is 2.80. The lowest BCUT2D eigenvalue weighted by Crippen LogP contribution is -2.26. The topological polar surface area (TPSA) is 44.1 Å². The number of halogens is 4. The SMILES string of the molecule is N#CC1c2cc(C(F)(F)F)ccc2C(=O)N1Cc1ccc(F)cc1. The van der Waals surface area contributed by atoms with Crippen LogP contribution in [0.3, 0.4) is 0 Å². The molecule has 1 heterocycles. The van der Waals surface area contributed by atoms with Crippen molar-refractivity contribution < 1.29 is 22.4 Å². The molecule has 0 N–H and O–H groups in total. The van der Waals surface area contributed by atoms with Gasteiger partial charge >= 0.3 is 6.18 Å². The number of nitrogens with zero attached hydrogens (tertiary/aromatic N) is 2.